The van der Waals surface area contributed by atoms with Crippen molar-refractivity contribution in [2.75, 3.05) is 0 Å². The first-order valence-corrected chi connectivity index (χ1v) is 4.70. The van der Waals surface area contributed by atoms with Gasteiger partial charge in [0.05, 0.1) is 22.3 Å². The number of hydrogen-bond acceptors (Lipinski definition) is 3. The van der Waals surface area contributed by atoms with Crippen LogP contribution in [0.25, 0.3) is 11.0 Å². The Hall–Kier alpha value is -1.91. The molecule has 0 radical (unpaired) electrons. The lowest BCUT2D eigenvalue weighted by molar-refractivity contribution is -0.384. The first kappa shape index (κ1) is 9.64. The quantitative estimate of drug-likeness (QED) is 0.559. The van der Waals surface area contributed by atoms with E-state index in [4.69, 9.17) is 0 Å². The lowest BCUT2D eigenvalue weighted by Crippen LogP contribution is -1.97. The summed E-state index contributed by atoms with van der Waals surface area (Å²) in [4.78, 5) is 14.3. The largest absolute Gasteiger partial charge is 0.328 e. The molecule has 1 heterocycles. The van der Waals surface area contributed by atoms with Gasteiger partial charge in [-0.2, -0.15) is 0 Å². The Labute approximate surface area is 86.5 Å². The van der Waals surface area contributed by atoms with E-state index < -0.39 is 4.92 Å². The maximum Gasteiger partial charge on any atom is 0.271 e. The van der Waals surface area contributed by atoms with Crippen molar-refractivity contribution in [2.24, 2.45) is 0 Å². The lowest BCUT2D eigenvalue weighted by Gasteiger charge is -2.06. The summed E-state index contributed by atoms with van der Waals surface area (Å²) in [6.45, 7) is 4.09. The van der Waals surface area contributed by atoms with Crippen LogP contribution in [-0.2, 0) is 0 Å². The van der Waals surface area contributed by atoms with Gasteiger partial charge >= 0.3 is 0 Å². The molecule has 0 unspecified atom stereocenters. The summed E-state index contributed by atoms with van der Waals surface area (Å²) >= 11 is 0. The molecule has 5 nitrogen and oxygen atoms in total. The highest BCUT2D eigenvalue weighted by Crippen LogP contribution is 2.21. The Bertz CT molecular complexity index is 516. The number of non-ortho nitro benzene ring substituents is 1. The maximum atomic E-state index is 10.6. The van der Waals surface area contributed by atoms with Crippen molar-refractivity contribution in [1.29, 1.82) is 0 Å². The molecule has 0 N–H and O–H groups in total. The number of imidazole rings is 1. The molecule has 78 valence electrons. The fourth-order valence-corrected chi connectivity index (χ4v) is 1.55. The minimum atomic E-state index is -0.409. The normalized spacial score (nSPS) is 11.1. The summed E-state index contributed by atoms with van der Waals surface area (Å²) in [6, 6.07) is 5.04. The van der Waals surface area contributed by atoms with Crippen LogP contribution in [0.2, 0.25) is 0 Å². The molecule has 0 saturated carbocycles. The SMILES string of the molecule is CC(C)n1cnc2cc([N+](=O)[O-])ccc21. The van der Waals surface area contributed by atoms with Crippen molar-refractivity contribution >= 4 is 16.7 Å². The molecule has 0 aliphatic heterocycles. The van der Waals surface area contributed by atoms with Crippen LogP contribution in [0.3, 0.4) is 0 Å². The van der Waals surface area contributed by atoms with E-state index in [-0.39, 0.29) is 5.69 Å². The molecule has 0 bridgehead atoms. The van der Waals surface area contributed by atoms with E-state index in [1.807, 2.05) is 18.4 Å². The third-order valence-electron chi connectivity index (χ3n) is 2.33. The zero-order valence-corrected chi connectivity index (χ0v) is 8.54. The first-order valence-electron chi connectivity index (χ1n) is 4.70. The molecule has 2 rings (SSSR count). The van der Waals surface area contributed by atoms with Crippen molar-refractivity contribution in [3.63, 3.8) is 0 Å². The van der Waals surface area contributed by atoms with Crippen LogP contribution in [-0.4, -0.2) is 14.5 Å². The van der Waals surface area contributed by atoms with Crippen molar-refractivity contribution in [2.45, 2.75) is 19.9 Å². The first-order chi connectivity index (χ1) is 7.09. The summed E-state index contributed by atoms with van der Waals surface area (Å²) in [5.74, 6) is 0. The Balaban J connectivity index is 2.61. The Morgan fingerprint density at radius 1 is 1.47 bits per heavy atom. The average molecular weight is 205 g/mol. The molecule has 0 aliphatic carbocycles. The molecular formula is C10H11N3O2. The topological polar surface area (TPSA) is 61.0 Å². The van der Waals surface area contributed by atoms with E-state index in [9.17, 15) is 10.1 Å². The summed E-state index contributed by atoms with van der Waals surface area (Å²) in [6.07, 6.45) is 1.71. The number of aromatic nitrogens is 2. The van der Waals surface area contributed by atoms with E-state index >= 15 is 0 Å². The van der Waals surface area contributed by atoms with Crippen molar-refractivity contribution in [1.82, 2.24) is 9.55 Å². The van der Waals surface area contributed by atoms with Crippen LogP contribution in [0.1, 0.15) is 19.9 Å². The lowest BCUT2D eigenvalue weighted by atomic mass is 10.2. The van der Waals surface area contributed by atoms with Gasteiger partial charge in [-0.3, -0.25) is 10.1 Å². The van der Waals surface area contributed by atoms with Gasteiger partial charge in [0.1, 0.15) is 0 Å². The summed E-state index contributed by atoms with van der Waals surface area (Å²) in [5.41, 5.74) is 1.67. The summed E-state index contributed by atoms with van der Waals surface area (Å²) in [7, 11) is 0. The van der Waals surface area contributed by atoms with Gasteiger partial charge in [-0.15, -0.1) is 0 Å². The van der Waals surface area contributed by atoms with Gasteiger partial charge in [-0.1, -0.05) is 0 Å². The van der Waals surface area contributed by atoms with Crippen LogP contribution in [0.4, 0.5) is 5.69 Å². The van der Waals surface area contributed by atoms with E-state index in [0.717, 1.165) is 5.52 Å². The molecule has 1 aromatic heterocycles. The molecule has 0 spiro atoms. The number of fused-ring (bicyclic) bond motifs is 1. The fourth-order valence-electron chi connectivity index (χ4n) is 1.55. The van der Waals surface area contributed by atoms with E-state index in [1.54, 1.807) is 12.4 Å². The maximum absolute atomic E-state index is 10.6. The van der Waals surface area contributed by atoms with Gasteiger partial charge in [-0.25, -0.2) is 4.98 Å². The second kappa shape index (κ2) is 3.34. The number of hydrogen-bond donors (Lipinski definition) is 0. The van der Waals surface area contributed by atoms with Gasteiger partial charge in [-0.05, 0) is 19.9 Å². The van der Waals surface area contributed by atoms with Gasteiger partial charge in [0.15, 0.2) is 0 Å². The second-order valence-corrected chi connectivity index (χ2v) is 3.68. The second-order valence-electron chi connectivity index (χ2n) is 3.68. The van der Waals surface area contributed by atoms with E-state index in [0.29, 0.717) is 11.6 Å². The predicted octanol–water partition coefficient (Wildman–Crippen LogP) is 2.53. The molecule has 2 aromatic rings. The number of nitrogens with zero attached hydrogens (tertiary/aromatic N) is 3. The van der Waals surface area contributed by atoms with Gasteiger partial charge in [0.2, 0.25) is 0 Å². The van der Waals surface area contributed by atoms with Crippen LogP contribution in [0.5, 0.6) is 0 Å². The minimum Gasteiger partial charge on any atom is -0.328 e. The van der Waals surface area contributed by atoms with Gasteiger partial charge in [0.25, 0.3) is 5.69 Å². The standard InChI is InChI=1S/C10H11N3O2/c1-7(2)12-6-11-9-5-8(13(14)15)3-4-10(9)12/h3-7H,1-2H3. The molecule has 0 amide bonds. The number of nitro groups is 1. The third-order valence-corrected chi connectivity index (χ3v) is 2.33. The third kappa shape index (κ3) is 1.56. The molecule has 1 aromatic carbocycles. The fraction of sp³-hybridized carbons (Fsp3) is 0.300. The zero-order chi connectivity index (χ0) is 11.0. The summed E-state index contributed by atoms with van der Waals surface area (Å²) in [5, 5.41) is 10.6. The number of benzene rings is 1. The van der Waals surface area contributed by atoms with Crippen LogP contribution in [0, 0.1) is 10.1 Å². The smallest absolute Gasteiger partial charge is 0.271 e. The molecule has 0 atom stereocenters. The monoisotopic (exact) mass is 205 g/mol. The molecule has 0 fully saturated rings. The van der Waals surface area contributed by atoms with Gasteiger partial charge in [0, 0.05) is 18.2 Å². The predicted molar refractivity (Wildman–Crippen MR) is 56.8 cm³/mol. The van der Waals surface area contributed by atoms with Crippen LogP contribution in [0.15, 0.2) is 24.5 Å². The Morgan fingerprint density at radius 3 is 2.80 bits per heavy atom. The Morgan fingerprint density at radius 2 is 2.20 bits per heavy atom. The van der Waals surface area contributed by atoms with Crippen LogP contribution < -0.4 is 0 Å². The minimum absolute atomic E-state index is 0.0801. The highest BCUT2D eigenvalue weighted by molar-refractivity contribution is 5.78. The van der Waals surface area contributed by atoms with Crippen LogP contribution >= 0.6 is 0 Å². The molecule has 0 aliphatic rings. The van der Waals surface area contributed by atoms with Crippen molar-refractivity contribution in [3.05, 3.63) is 34.6 Å². The van der Waals surface area contributed by atoms with E-state index in [2.05, 4.69) is 4.98 Å². The highest BCUT2D eigenvalue weighted by atomic mass is 16.6. The highest BCUT2D eigenvalue weighted by Gasteiger charge is 2.10. The molecular weight excluding hydrogens is 194 g/mol. The van der Waals surface area contributed by atoms with Crippen molar-refractivity contribution < 1.29 is 4.92 Å². The molecule has 0 saturated heterocycles. The summed E-state index contributed by atoms with van der Waals surface area (Å²) < 4.78 is 1.99. The van der Waals surface area contributed by atoms with Gasteiger partial charge < -0.3 is 4.57 Å². The number of nitro benzene ring substituents is 1. The zero-order valence-electron chi connectivity index (χ0n) is 8.54. The number of rotatable bonds is 2. The molecule has 15 heavy (non-hydrogen) atoms. The molecule has 5 heteroatoms. The Kier molecular flexibility index (Phi) is 2.15. The van der Waals surface area contributed by atoms with E-state index in [1.165, 1.54) is 12.1 Å². The average Bonchev–Trinajstić information content (AvgIpc) is 2.59. The van der Waals surface area contributed by atoms with Crippen molar-refractivity contribution in [3.8, 4) is 0 Å².